The van der Waals surface area contributed by atoms with Crippen molar-refractivity contribution >= 4 is 17.5 Å². The van der Waals surface area contributed by atoms with Gasteiger partial charge >= 0.3 is 0 Å². The zero-order chi connectivity index (χ0) is 14.5. The van der Waals surface area contributed by atoms with Crippen molar-refractivity contribution in [3.8, 4) is 5.75 Å². The lowest BCUT2D eigenvalue weighted by Gasteiger charge is -2.19. The Morgan fingerprint density at radius 2 is 2.30 bits per heavy atom. The number of carbonyl (C=O) groups excluding carboxylic acids is 1. The van der Waals surface area contributed by atoms with Crippen LogP contribution < -0.4 is 15.8 Å². The van der Waals surface area contributed by atoms with Crippen LogP contribution in [0.1, 0.15) is 24.8 Å². The lowest BCUT2D eigenvalue weighted by Crippen LogP contribution is -2.40. The number of carbonyl (C=O) groups is 1. The van der Waals surface area contributed by atoms with Gasteiger partial charge in [0.15, 0.2) is 0 Å². The quantitative estimate of drug-likeness (QED) is 0.875. The molecule has 0 aliphatic heterocycles. The van der Waals surface area contributed by atoms with E-state index in [1.165, 1.54) is 0 Å². The summed E-state index contributed by atoms with van der Waals surface area (Å²) in [5.74, 6) is 1.09. The van der Waals surface area contributed by atoms with Crippen LogP contribution in [0.4, 0.5) is 0 Å². The molecule has 110 valence electrons. The van der Waals surface area contributed by atoms with Gasteiger partial charge in [-0.15, -0.1) is 0 Å². The zero-order valence-corrected chi connectivity index (χ0v) is 12.5. The molecule has 2 rings (SSSR count). The van der Waals surface area contributed by atoms with Gasteiger partial charge in [-0.25, -0.2) is 0 Å². The van der Waals surface area contributed by atoms with Crippen molar-refractivity contribution in [1.29, 1.82) is 0 Å². The average Bonchev–Trinajstić information content (AvgIpc) is 2.86. The Hall–Kier alpha value is -1.26. The minimum absolute atomic E-state index is 0.00378. The normalized spacial score (nSPS) is 21.8. The number of hydrogen-bond donors (Lipinski definition) is 2. The monoisotopic (exact) mass is 296 g/mol. The van der Waals surface area contributed by atoms with Gasteiger partial charge in [0.05, 0.1) is 13.5 Å². The molecule has 1 amide bonds. The van der Waals surface area contributed by atoms with Crippen LogP contribution in [0.2, 0.25) is 5.02 Å². The summed E-state index contributed by atoms with van der Waals surface area (Å²) in [6.45, 7) is 0.630. The molecule has 0 bridgehead atoms. The summed E-state index contributed by atoms with van der Waals surface area (Å²) in [6, 6.07) is 5.51. The fourth-order valence-electron chi connectivity index (χ4n) is 2.83. The molecule has 0 heterocycles. The number of halogens is 1. The van der Waals surface area contributed by atoms with Gasteiger partial charge in [-0.1, -0.05) is 18.0 Å². The average molecular weight is 297 g/mol. The second kappa shape index (κ2) is 6.95. The van der Waals surface area contributed by atoms with Crippen LogP contribution >= 0.6 is 11.6 Å². The fraction of sp³-hybridized carbons (Fsp3) is 0.533. The van der Waals surface area contributed by atoms with E-state index in [2.05, 4.69) is 5.32 Å². The van der Waals surface area contributed by atoms with Crippen molar-refractivity contribution in [3.63, 3.8) is 0 Å². The molecule has 0 radical (unpaired) electrons. The van der Waals surface area contributed by atoms with E-state index in [9.17, 15) is 4.79 Å². The maximum absolute atomic E-state index is 12.2. The van der Waals surface area contributed by atoms with Crippen molar-refractivity contribution < 1.29 is 9.53 Å². The van der Waals surface area contributed by atoms with Gasteiger partial charge in [-0.05, 0) is 43.5 Å². The van der Waals surface area contributed by atoms with Crippen LogP contribution in [-0.4, -0.2) is 25.6 Å². The number of nitrogens with two attached hydrogens (primary N) is 1. The Bertz CT molecular complexity index is 479. The van der Waals surface area contributed by atoms with Crippen molar-refractivity contribution in [1.82, 2.24) is 5.32 Å². The molecular formula is C15H21ClN2O2. The summed E-state index contributed by atoms with van der Waals surface area (Å²) in [5.41, 5.74) is 6.53. The van der Waals surface area contributed by atoms with E-state index in [4.69, 9.17) is 22.1 Å². The first kappa shape index (κ1) is 15.1. The van der Waals surface area contributed by atoms with Crippen LogP contribution in [0.25, 0.3) is 0 Å². The minimum atomic E-state index is -0.00378. The summed E-state index contributed by atoms with van der Waals surface area (Å²) in [4.78, 5) is 12.2. The van der Waals surface area contributed by atoms with E-state index in [0.717, 1.165) is 24.8 Å². The first-order valence-electron chi connectivity index (χ1n) is 6.96. The van der Waals surface area contributed by atoms with Crippen LogP contribution in [-0.2, 0) is 11.2 Å². The molecule has 2 unspecified atom stereocenters. The molecule has 1 aromatic rings. The molecule has 0 saturated heterocycles. The molecular weight excluding hydrogens is 276 g/mol. The van der Waals surface area contributed by atoms with E-state index < -0.39 is 0 Å². The van der Waals surface area contributed by atoms with Gasteiger partial charge in [0, 0.05) is 16.6 Å². The van der Waals surface area contributed by atoms with Crippen molar-refractivity contribution in [3.05, 3.63) is 28.8 Å². The molecule has 1 saturated carbocycles. The Kier molecular flexibility index (Phi) is 5.26. The second-order valence-electron chi connectivity index (χ2n) is 5.23. The second-order valence-corrected chi connectivity index (χ2v) is 5.67. The summed E-state index contributed by atoms with van der Waals surface area (Å²) in [5, 5.41) is 3.69. The number of hydrogen-bond acceptors (Lipinski definition) is 3. The highest BCUT2D eigenvalue weighted by molar-refractivity contribution is 6.30. The number of amides is 1. The lowest BCUT2D eigenvalue weighted by atomic mass is 10.0. The van der Waals surface area contributed by atoms with Crippen LogP contribution in [0.3, 0.4) is 0 Å². The molecule has 5 heteroatoms. The highest BCUT2D eigenvalue weighted by atomic mass is 35.5. The van der Waals surface area contributed by atoms with Gasteiger partial charge in [0.25, 0.3) is 0 Å². The largest absolute Gasteiger partial charge is 0.496 e. The van der Waals surface area contributed by atoms with Gasteiger partial charge in [0.2, 0.25) is 5.91 Å². The zero-order valence-electron chi connectivity index (χ0n) is 11.7. The third-order valence-electron chi connectivity index (χ3n) is 3.90. The van der Waals surface area contributed by atoms with Crippen molar-refractivity contribution in [2.24, 2.45) is 11.7 Å². The van der Waals surface area contributed by atoms with Crippen LogP contribution in [0.15, 0.2) is 18.2 Å². The first-order valence-corrected chi connectivity index (χ1v) is 7.33. The third kappa shape index (κ3) is 3.64. The number of benzene rings is 1. The number of rotatable bonds is 5. The molecule has 1 aliphatic carbocycles. The molecule has 2 atom stereocenters. The molecule has 4 nitrogen and oxygen atoms in total. The van der Waals surface area contributed by atoms with Gasteiger partial charge < -0.3 is 15.8 Å². The molecule has 1 fully saturated rings. The lowest BCUT2D eigenvalue weighted by molar-refractivity contribution is -0.121. The van der Waals surface area contributed by atoms with Gasteiger partial charge in [0.1, 0.15) is 5.75 Å². The summed E-state index contributed by atoms with van der Waals surface area (Å²) >= 11 is 5.97. The molecule has 1 aliphatic rings. The topological polar surface area (TPSA) is 64.3 Å². The Labute approximate surface area is 124 Å². The maximum atomic E-state index is 12.2. The predicted molar refractivity (Wildman–Crippen MR) is 80.0 cm³/mol. The Morgan fingerprint density at radius 1 is 1.50 bits per heavy atom. The molecule has 3 N–H and O–H groups in total. The van der Waals surface area contributed by atoms with E-state index in [1.807, 2.05) is 0 Å². The highest BCUT2D eigenvalue weighted by Gasteiger charge is 2.27. The van der Waals surface area contributed by atoms with Crippen molar-refractivity contribution in [2.45, 2.75) is 31.7 Å². The molecule has 0 spiro atoms. The SMILES string of the molecule is COc1ccc(Cl)cc1CC(=O)NC1CCCC1CN. The number of nitrogens with one attached hydrogen (secondary N) is 1. The van der Waals surface area contributed by atoms with E-state index >= 15 is 0 Å². The third-order valence-corrected chi connectivity index (χ3v) is 4.14. The smallest absolute Gasteiger partial charge is 0.224 e. The van der Waals surface area contributed by atoms with Crippen LogP contribution in [0, 0.1) is 5.92 Å². The van der Waals surface area contributed by atoms with E-state index in [1.54, 1.807) is 25.3 Å². The standard InChI is InChI=1S/C15H21ClN2O2/c1-20-14-6-5-12(16)7-11(14)8-15(19)18-13-4-2-3-10(13)9-17/h5-7,10,13H,2-4,8-9,17H2,1H3,(H,18,19). The van der Waals surface area contributed by atoms with Gasteiger partial charge in [-0.3, -0.25) is 4.79 Å². The predicted octanol–water partition coefficient (Wildman–Crippen LogP) is 2.13. The fourth-order valence-corrected chi connectivity index (χ4v) is 3.02. The highest BCUT2D eigenvalue weighted by Crippen LogP contribution is 2.26. The minimum Gasteiger partial charge on any atom is -0.496 e. The first-order chi connectivity index (χ1) is 9.63. The molecule has 20 heavy (non-hydrogen) atoms. The maximum Gasteiger partial charge on any atom is 0.224 e. The van der Waals surface area contributed by atoms with Gasteiger partial charge in [-0.2, -0.15) is 0 Å². The molecule has 1 aromatic carbocycles. The molecule has 0 aromatic heterocycles. The van der Waals surface area contributed by atoms with Crippen LogP contribution in [0.5, 0.6) is 5.75 Å². The number of methoxy groups -OCH3 is 1. The summed E-state index contributed by atoms with van der Waals surface area (Å²) < 4.78 is 5.25. The summed E-state index contributed by atoms with van der Waals surface area (Å²) in [6.07, 6.45) is 3.52. The number of ether oxygens (including phenoxy) is 1. The van der Waals surface area contributed by atoms with E-state index in [0.29, 0.717) is 23.2 Å². The Morgan fingerprint density at radius 3 is 3.00 bits per heavy atom. The summed E-state index contributed by atoms with van der Waals surface area (Å²) in [7, 11) is 1.59. The Balaban J connectivity index is 1.99. The van der Waals surface area contributed by atoms with E-state index in [-0.39, 0.29) is 18.4 Å². The van der Waals surface area contributed by atoms with Crippen molar-refractivity contribution in [2.75, 3.05) is 13.7 Å².